The molecule has 0 fully saturated rings. The molecule has 0 saturated carbocycles. The number of hydrogen-bond donors (Lipinski definition) is 1. The zero-order valence-corrected chi connectivity index (χ0v) is 20.6. The van der Waals surface area contributed by atoms with Crippen molar-refractivity contribution in [1.29, 1.82) is 0 Å². The van der Waals surface area contributed by atoms with Gasteiger partial charge in [-0.1, -0.05) is 23.7 Å². The van der Waals surface area contributed by atoms with Crippen molar-refractivity contribution in [3.63, 3.8) is 0 Å². The number of amides is 1. The molecule has 3 heterocycles. The Balaban J connectivity index is 1.48. The van der Waals surface area contributed by atoms with Crippen LogP contribution in [0.4, 0.5) is 5.69 Å². The highest BCUT2D eigenvalue weighted by molar-refractivity contribution is 9.10. The van der Waals surface area contributed by atoms with Crippen molar-refractivity contribution in [3.05, 3.63) is 85.8 Å². The first-order valence-electron chi connectivity index (χ1n) is 10.1. The topological polar surface area (TPSA) is 77.9 Å². The van der Waals surface area contributed by atoms with Crippen LogP contribution in [0.2, 0.25) is 5.02 Å². The van der Waals surface area contributed by atoms with Gasteiger partial charge in [-0.05, 0) is 73.5 Å². The molecule has 32 heavy (non-hydrogen) atoms. The van der Waals surface area contributed by atoms with Crippen LogP contribution in [0.3, 0.4) is 0 Å². The van der Waals surface area contributed by atoms with Crippen LogP contribution in [0, 0.1) is 27.7 Å². The number of rotatable bonds is 6. The molecule has 0 aliphatic heterocycles. The van der Waals surface area contributed by atoms with Gasteiger partial charge in [0.15, 0.2) is 5.76 Å². The van der Waals surface area contributed by atoms with Gasteiger partial charge in [0.05, 0.1) is 46.0 Å². The second-order valence-corrected chi connectivity index (χ2v) is 8.92. The summed E-state index contributed by atoms with van der Waals surface area (Å²) < 4.78 is 10.5. The molecule has 4 aromatic rings. The molecule has 9 heteroatoms. The maximum absolute atomic E-state index is 12.8. The number of aromatic nitrogens is 4. The van der Waals surface area contributed by atoms with Gasteiger partial charge in [-0.25, -0.2) is 0 Å². The van der Waals surface area contributed by atoms with Crippen LogP contribution in [0.25, 0.3) is 0 Å². The Morgan fingerprint density at radius 2 is 1.62 bits per heavy atom. The van der Waals surface area contributed by atoms with E-state index in [1.54, 1.807) is 12.1 Å². The summed E-state index contributed by atoms with van der Waals surface area (Å²) in [5.74, 6) is 0.577. The Morgan fingerprint density at radius 3 is 2.28 bits per heavy atom. The van der Waals surface area contributed by atoms with Gasteiger partial charge in [-0.3, -0.25) is 14.2 Å². The van der Waals surface area contributed by atoms with Crippen molar-refractivity contribution < 1.29 is 9.21 Å². The van der Waals surface area contributed by atoms with Gasteiger partial charge in [-0.15, -0.1) is 0 Å². The average Bonchev–Trinajstić information content (AvgIpc) is 3.40. The molecule has 0 saturated heterocycles. The lowest BCUT2D eigenvalue weighted by molar-refractivity contribution is 0.0994. The van der Waals surface area contributed by atoms with E-state index in [1.807, 2.05) is 61.3 Å². The highest BCUT2D eigenvalue weighted by Gasteiger charge is 2.18. The van der Waals surface area contributed by atoms with Crippen LogP contribution in [-0.2, 0) is 13.1 Å². The molecule has 0 aliphatic rings. The minimum Gasteiger partial charge on any atom is -0.454 e. The molecule has 166 valence electrons. The summed E-state index contributed by atoms with van der Waals surface area (Å²) in [6.45, 7) is 8.75. The largest absolute Gasteiger partial charge is 0.454 e. The molecular weight excluding hydrogens is 494 g/mol. The average molecular weight is 517 g/mol. The van der Waals surface area contributed by atoms with Crippen molar-refractivity contribution >= 4 is 39.1 Å². The van der Waals surface area contributed by atoms with E-state index in [-0.39, 0.29) is 11.7 Å². The molecule has 1 N–H and O–H groups in total. The number of halogens is 2. The summed E-state index contributed by atoms with van der Waals surface area (Å²) in [5, 5.41) is 12.7. The fourth-order valence-electron chi connectivity index (χ4n) is 3.53. The maximum Gasteiger partial charge on any atom is 0.291 e. The Morgan fingerprint density at radius 1 is 0.969 bits per heavy atom. The Hall–Kier alpha value is -2.84. The van der Waals surface area contributed by atoms with Crippen molar-refractivity contribution in [1.82, 2.24) is 19.6 Å². The van der Waals surface area contributed by atoms with Crippen LogP contribution in [0.15, 0.2) is 45.3 Å². The van der Waals surface area contributed by atoms with E-state index < -0.39 is 0 Å². The minimum absolute atomic E-state index is 0.241. The standard InChI is InChI=1S/C23H23BrClN5O2/c1-13-21(24)15(3)30(27-13)12-19-9-10-20(32-19)23(31)26-22-14(2)28-29(16(22)4)11-17-5-7-18(25)8-6-17/h5-10H,11-12H2,1-4H3,(H,26,31). The summed E-state index contributed by atoms with van der Waals surface area (Å²) in [5.41, 5.74) is 5.28. The smallest absolute Gasteiger partial charge is 0.291 e. The fraction of sp³-hybridized carbons (Fsp3) is 0.261. The first-order valence-corrected chi connectivity index (χ1v) is 11.3. The van der Waals surface area contributed by atoms with Gasteiger partial charge < -0.3 is 9.73 Å². The quantitative estimate of drug-likeness (QED) is 0.358. The molecule has 0 spiro atoms. The van der Waals surface area contributed by atoms with Crippen LogP contribution in [0.5, 0.6) is 0 Å². The van der Waals surface area contributed by atoms with E-state index in [4.69, 9.17) is 16.0 Å². The van der Waals surface area contributed by atoms with Crippen molar-refractivity contribution in [2.75, 3.05) is 5.32 Å². The highest BCUT2D eigenvalue weighted by Crippen LogP contribution is 2.24. The Kier molecular flexibility index (Phi) is 6.26. The molecule has 0 aliphatic carbocycles. The second kappa shape index (κ2) is 8.96. The number of carbonyl (C=O) groups is 1. The first kappa shape index (κ1) is 22.4. The molecule has 4 rings (SSSR count). The van der Waals surface area contributed by atoms with Gasteiger partial charge in [0.1, 0.15) is 5.76 Å². The highest BCUT2D eigenvalue weighted by atomic mass is 79.9. The molecule has 0 radical (unpaired) electrons. The van der Waals surface area contributed by atoms with E-state index >= 15 is 0 Å². The lowest BCUT2D eigenvalue weighted by atomic mass is 10.2. The summed E-state index contributed by atoms with van der Waals surface area (Å²) in [4.78, 5) is 12.8. The third-order valence-electron chi connectivity index (χ3n) is 5.35. The maximum atomic E-state index is 12.8. The van der Waals surface area contributed by atoms with Gasteiger partial charge in [0.25, 0.3) is 5.91 Å². The van der Waals surface area contributed by atoms with Gasteiger partial charge in [0.2, 0.25) is 0 Å². The summed E-state index contributed by atoms with van der Waals surface area (Å²) >= 11 is 9.49. The van der Waals surface area contributed by atoms with E-state index in [2.05, 4.69) is 31.4 Å². The van der Waals surface area contributed by atoms with Crippen LogP contribution in [-0.4, -0.2) is 25.5 Å². The fourth-order valence-corrected chi connectivity index (χ4v) is 3.94. The van der Waals surface area contributed by atoms with Crippen LogP contribution < -0.4 is 5.32 Å². The number of benzene rings is 1. The lowest BCUT2D eigenvalue weighted by Gasteiger charge is -2.07. The SMILES string of the molecule is Cc1nn(Cc2ccc(C(=O)Nc3c(C)nn(Cc4ccc(Cl)cc4)c3C)o2)c(C)c1Br. The monoisotopic (exact) mass is 515 g/mol. The minimum atomic E-state index is -0.317. The predicted octanol–water partition coefficient (Wildman–Crippen LogP) is 5.67. The zero-order valence-electron chi connectivity index (χ0n) is 18.2. The second-order valence-electron chi connectivity index (χ2n) is 7.69. The van der Waals surface area contributed by atoms with Crippen LogP contribution >= 0.6 is 27.5 Å². The number of carbonyl (C=O) groups excluding carboxylic acids is 1. The zero-order chi connectivity index (χ0) is 23.0. The van der Waals surface area contributed by atoms with E-state index in [1.165, 1.54) is 0 Å². The molecule has 7 nitrogen and oxygen atoms in total. The van der Waals surface area contributed by atoms with Crippen molar-refractivity contribution in [3.8, 4) is 0 Å². The van der Waals surface area contributed by atoms with Crippen molar-refractivity contribution in [2.45, 2.75) is 40.8 Å². The summed E-state index contributed by atoms with van der Waals surface area (Å²) in [6, 6.07) is 11.1. The number of anilines is 1. The Labute approximate surface area is 199 Å². The molecule has 0 bridgehead atoms. The van der Waals surface area contributed by atoms with Gasteiger partial charge in [-0.2, -0.15) is 10.2 Å². The Bertz CT molecular complexity index is 1290. The number of hydrogen-bond acceptors (Lipinski definition) is 4. The number of nitrogens with zero attached hydrogens (tertiary/aromatic N) is 4. The first-order chi connectivity index (χ1) is 15.2. The summed E-state index contributed by atoms with van der Waals surface area (Å²) in [7, 11) is 0. The third-order valence-corrected chi connectivity index (χ3v) is 6.75. The normalized spacial score (nSPS) is 11.2. The molecule has 3 aromatic heterocycles. The third kappa shape index (κ3) is 4.52. The molecule has 0 atom stereocenters. The van der Waals surface area contributed by atoms with E-state index in [0.717, 1.165) is 32.8 Å². The number of aryl methyl sites for hydroxylation is 2. The number of furan rings is 1. The van der Waals surface area contributed by atoms with E-state index in [0.29, 0.717) is 29.6 Å². The summed E-state index contributed by atoms with van der Waals surface area (Å²) in [6.07, 6.45) is 0. The van der Waals surface area contributed by atoms with Crippen molar-refractivity contribution in [2.24, 2.45) is 0 Å². The molecule has 0 unspecified atom stereocenters. The lowest BCUT2D eigenvalue weighted by Crippen LogP contribution is -2.12. The van der Waals surface area contributed by atoms with Crippen LogP contribution in [0.1, 0.15) is 44.7 Å². The molecule has 1 amide bonds. The molecule has 1 aromatic carbocycles. The van der Waals surface area contributed by atoms with Gasteiger partial charge >= 0.3 is 0 Å². The predicted molar refractivity (Wildman–Crippen MR) is 127 cm³/mol. The molecular formula is C23H23BrClN5O2. The number of nitrogens with one attached hydrogen (secondary N) is 1. The van der Waals surface area contributed by atoms with E-state index in [9.17, 15) is 4.79 Å². The van der Waals surface area contributed by atoms with Gasteiger partial charge in [0, 0.05) is 5.02 Å².